The summed E-state index contributed by atoms with van der Waals surface area (Å²) in [6.45, 7) is 7.95. The number of nitrogens with one attached hydrogen (secondary N) is 1. The maximum atomic E-state index is 11.5. The minimum atomic E-state index is 0.0151. The third-order valence-corrected chi connectivity index (χ3v) is 2.46. The van der Waals surface area contributed by atoms with Gasteiger partial charge in [-0.25, -0.2) is 0 Å². The van der Waals surface area contributed by atoms with Crippen molar-refractivity contribution in [3.8, 4) is 0 Å². The predicted octanol–water partition coefficient (Wildman–Crippen LogP) is 2.02. The highest BCUT2D eigenvalue weighted by atomic mass is 16.5. The van der Waals surface area contributed by atoms with Crippen molar-refractivity contribution < 1.29 is 9.53 Å². The molecule has 1 fully saturated rings. The third kappa shape index (κ3) is 4.47. The minimum Gasteiger partial charge on any atom is -0.375 e. The number of carbonyl (C=O) groups is 1. The van der Waals surface area contributed by atoms with E-state index >= 15 is 0 Å². The van der Waals surface area contributed by atoms with Crippen LogP contribution < -0.4 is 5.32 Å². The highest BCUT2D eigenvalue weighted by Gasteiger charge is 2.24. The molecule has 0 bridgehead atoms. The molecule has 0 aromatic heterocycles. The van der Waals surface area contributed by atoms with Gasteiger partial charge in [0.25, 0.3) is 0 Å². The molecule has 1 aliphatic heterocycles. The average Bonchev–Trinajstić information content (AvgIpc) is 1.98. The zero-order valence-electron chi connectivity index (χ0n) is 10.0. The second-order valence-electron chi connectivity index (χ2n) is 4.66. The van der Waals surface area contributed by atoms with E-state index < -0.39 is 0 Å². The molecule has 0 aliphatic carbocycles. The molecule has 0 aromatic rings. The number of ether oxygens (including phenoxy) is 1. The molecule has 1 aliphatic rings. The Kier molecular flexibility index (Phi) is 4.33. The molecular formula is C12H21NO2. The third-order valence-electron chi connectivity index (χ3n) is 2.46. The first-order chi connectivity index (χ1) is 6.97. The van der Waals surface area contributed by atoms with Crippen LogP contribution in [0.1, 0.15) is 40.5 Å². The first-order valence-corrected chi connectivity index (χ1v) is 5.58. The van der Waals surface area contributed by atoms with Gasteiger partial charge in [0.05, 0.1) is 12.2 Å². The topological polar surface area (TPSA) is 38.3 Å². The van der Waals surface area contributed by atoms with Gasteiger partial charge in [-0.15, -0.1) is 0 Å². The van der Waals surface area contributed by atoms with Crippen LogP contribution in [0.2, 0.25) is 0 Å². The van der Waals surface area contributed by atoms with Crippen molar-refractivity contribution in [2.75, 3.05) is 0 Å². The fraction of sp³-hybridized carbons (Fsp3) is 0.750. The second-order valence-corrected chi connectivity index (χ2v) is 4.66. The molecule has 0 saturated carbocycles. The van der Waals surface area contributed by atoms with Crippen LogP contribution in [0.25, 0.3) is 0 Å². The molecule has 86 valence electrons. The average molecular weight is 211 g/mol. The number of hydrogen-bond acceptors (Lipinski definition) is 2. The Balaban J connectivity index is 2.44. The van der Waals surface area contributed by atoms with Crippen LogP contribution in [-0.4, -0.2) is 24.2 Å². The molecule has 0 aromatic carbocycles. The van der Waals surface area contributed by atoms with Crippen LogP contribution in [-0.2, 0) is 9.53 Å². The lowest BCUT2D eigenvalue weighted by molar-refractivity contribution is -0.118. The van der Waals surface area contributed by atoms with Crippen LogP contribution in [0.15, 0.2) is 11.6 Å². The molecule has 0 spiro atoms. The van der Waals surface area contributed by atoms with Gasteiger partial charge in [-0.2, -0.15) is 0 Å². The Morgan fingerprint density at radius 1 is 1.27 bits per heavy atom. The predicted molar refractivity (Wildman–Crippen MR) is 60.6 cm³/mol. The van der Waals surface area contributed by atoms with Gasteiger partial charge < -0.3 is 10.1 Å². The summed E-state index contributed by atoms with van der Waals surface area (Å²) in [5.74, 6) is 0.0151. The van der Waals surface area contributed by atoms with Gasteiger partial charge in [-0.1, -0.05) is 5.57 Å². The van der Waals surface area contributed by atoms with Crippen molar-refractivity contribution in [1.82, 2.24) is 5.32 Å². The highest BCUT2D eigenvalue weighted by molar-refractivity contribution is 5.88. The fourth-order valence-corrected chi connectivity index (χ4v) is 2.03. The molecule has 3 nitrogen and oxygen atoms in total. The SMILES string of the molecule is CC(C)=CC(=O)NC1CC(C)OC(C)C1. The monoisotopic (exact) mass is 211 g/mol. The van der Waals surface area contributed by atoms with Crippen molar-refractivity contribution in [3.63, 3.8) is 0 Å². The van der Waals surface area contributed by atoms with E-state index in [-0.39, 0.29) is 24.2 Å². The van der Waals surface area contributed by atoms with Crippen molar-refractivity contribution >= 4 is 5.91 Å². The zero-order valence-corrected chi connectivity index (χ0v) is 10.0. The van der Waals surface area contributed by atoms with Gasteiger partial charge in [-0.05, 0) is 40.5 Å². The van der Waals surface area contributed by atoms with E-state index in [1.807, 2.05) is 13.8 Å². The highest BCUT2D eigenvalue weighted by Crippen LogP contribution is 2.18. The van der Waals surface area contributed by atoms with Crippen LogP contribution in [0.3, 0.4) is 0 Å². The normalized spacial score (nSPS) is 30.8. The smallest absolute Gasteiger partial charge is 0.244 e. The molecule has 1 N–H and O–H groups in total. The Hall–Kier alpha value is -0.830. The quantitative estimate of drug-likeness (QED) is 0.710. The Labute approximate surface area is 91.9 Å². The summed E-state index contributed by atoms with van der Waals surface area (Å²) in [4.78, 5) is 11.5. The van der Waals surface area contributed by atoms with E-state index in [9.17, 15) is 4.79 Å². The Bertz CT molecular complexity index is 246. The van der Waals surface area contributed by atoms with Crippen LogP contribution in [0.4, 0.5) is 0 Å². The first-order valence-electron chi connectivity index (χ1n) is 5.58. The van der Waals surface area contributed by atoms with E-state index in [0.29, 0.717) is 0 Å². The lowest BCUT2D eigenvalue weighted by Gasteiger charge is -2.32. The van der Waals surface area contributed by atoms with Crippen molar-refractivity contribution in [2.45, 2.75) is 58.8 Å². The molecule has 2 atom stereocenters. The molecular weight excluding hydrogens is 190 g/mol. The van der Waals surface area contributed by atoms with Gasteiger partial charge in [0.15, 0.2) is 0 Å². The lowest BCUT2D eigenvalue weighted by Crippen LogP contribution is -2.43. The minimum absolute atomic E-state index is 0.0151. The number of allylic oxidation sites excluding steroid dienone is 1. The Morgan fingerprint density at radius 2 is 1.80 bits per heavy atom. The van der Waals surface area contributed by atoms with E-state index in [4.69, 9.17) is 4.74 Å². The van der Waals surface area contributed by atoms with Crippen molar-refractivity contribution in [2.24, 2.45) is 0 Å². The van der Waals surface area contributed by atoms with Crippen molar-refractivity contribution in [3.05, 3.63) is 11.6 Å². The van der Waals surface area contributed by atoms with E-state index in [1.165, 1.54) is 0 Å². The molecule has 0 radical (unpaired) electrons. The maximum absolute atomic E-state index is 11.5. The molecule has 1 heterocycles. The second kappa shape index (κ2) is 5.31. The molecule has 1 amide bonds. The van der Waals surface area contributed by atoms with E-state index in [0.717, 1.165) is 18.4 Å². The van der Waals surface area contributed by atoms with Gasteiger partial charge in [-0.3, -0.25) is 4.79 Å². The number of carbonyl (C=O) groups excluding carboxylic acids is 1. The van der Waals surface area contributed by atoms with E-state index in [1.54, 1.807) is 6.08 Å². The summed E-state index contributed by atoms with van der Waals surface area (Å²) in [5, 5.41) is 3.02. The maximum Gasteiger partial charge on any atom is 0.244 e. The number of amides is 1. The summed E-state index contributed by atoms with van der Waals surface area (Å²) in [7, 11) is 0. The number of hydrogen-bond donors (Lipinski definition) is 1. The standard InChI is InChI=1S/C12H21NO2/c1-8(2)5-12(14)13-11-6-9(3)15-10(4)7-11/h5,9-11H,6-7H2,1-4H3,(H,13,14). The summed E-state index contributed by atoms with van der Waals surface area (Å²) < 4.78 is 5.61. The van der Waals surface area contributed by atoms with Gasteiger partial charge in [0, 0.05) is 12.1 Å². The van der Waals surface area contributed by atoms with Gasteiger partial charge in [0.2, 0.25) is 5.91 Å². The summed E-state index contributed by atoms with van der Waals surface area (Å²) in [6.07, 6.45) is 3.95. The van der Waals surface area contributed by atoms with Gasteiger partial charge >= 0.3 is 0 Å². The summed E-state index contributed by atoms with van der Waals surface area (Å²) in [6, 6.07) is 0.256. The van der Waals surface area contributed by atoms with E-state index in [2.05, 4.69) is 19.2 Å². The fourth-order valence-electron chi connectivity index (χ4n) is 2.03. The van der Waals surface area contributed by atoms with Gasteiger partial charge in [0.1, 0.15) is 0 Å². The van der Waals surface area contributed by atoms with Crippen LogP contribution in [0, 0.1) is 0 Å². The van der Waals surface area contributed by atoms with Crippen LogP contribution in [0.5, 0.6) is 0 Å². The van der Waals surface area contributed by atoms with Crippen molar-refractivity contribution in [1.29, 1.82) is 0 Å². The molecule has 1 saturated heterocycles. The zero-order chi connectivity index (χ0) is 11.4. The Morgan fingerprint density at radius 3 is 2.27 bits per heavy atom. The molecule has 15 heavy (non-hydrogen) atoms. The molecule has 1 rings (SSSR count). The molecule has 2 unspecified atom stereocenters. The summed E-state index contributed by atoms with van der Waals surface area (Å²) >= 11 is 0. The largest absolute Gasteiger partial charge is 0.375 e. The number of rotatable bonds is 2. The lowest BCUT2D eigenvalue weighted by atomic mass is 10.00. The summed E-state index contributed by atoms with van der Waals surface area (Å²) in [5.41, 5.74) is 1.03. The molecule has 3 heteroatoms. The van der Waals surface area contributed by atoms with Crippen LogP contribution >= 0.6 is 0 Å². The first kappa shape index (κ1) is 12.2.